The summed E-state index contributed by atoms with van der Waals surface area (Å²) in [7, 11) is -4.43. The molecule has 0 aliphatic carbocycles. The number of amides is 1. The van der Waals surface area contributed by atoms with Crippen LogP contribution in [-0.4, -0.2) is 32.0 Å². The lowest BCUT2D eigenvalue weighted by Crippen LogP contribution is -2.39. The third kappa shape index (κ3) is 5.56. The Balaban J connectivity index is 1.89. The Morgan fingerprint density at radius 3 is 2.44 bits per heavy atom. The number of para-hydroxylation sites is 2. The van der Waals surface area contributed by atoms with E-state index in [9.17, 15) is 23.3 Å². The number of hydrazone groups is 1. The number of nitrogens with zero attached hydrogens (tertiary/aromatic N) is 3. The first-order valence-corrected chi connectivity index (χ1v) is 11.4. The summed E-state index contributed by atoms with van der Waals surface area (Å²) >= 11 is 3.33. The van der Waals surface area contributed by atoms with Crippen LogP contribution in [0.3, 0.4) is 0 Å². The van der Waals surface area contributed by atoms with Crippen molar-refractivity contribution in [3.05, 3.63) is 99.0 Å². The monoisotopic (exact) mass is 516 g/mol. The van der Waals surface area contributed by atoms with Gasteiger partial charge in [-0.15, -0.1) is 0 Å². The maximum Gasteiger partial charge on any atom is 0.289 e. The van der Waals surface area contributed by atoms with E-state index in [4.69, 9.17) is 0 Å². The minimum atomic E-state index is -4.43. The van der Waals surface area contributed by atoms with Crippen LogP contribution in [0.4, 0.5) is 11.4 Å². The van der Waals surface area contributed by atoms with Crippen molar-refractivity contribution < 1.29 is 18.1 Å². The molecule has 0 bridgehead atoms. The van der Waals surface area contributed by atoms with Gasteiger partial charge in [0.15, 0.2) is 4.90 Å². The highest BCUT2D eigenvalue weighted by molar-refractivity contribution is 9.10. The minimum Gasteiger partial charge on any atom is -0.271 e. The molecule has 0 unspecified atom stereocenters. The Morgan fingerprint density at radius 1 is 1.06 bits per heavy atom. The van der Waals surface area contributed by atoms with E-state index in [2.05, 4.69) is 26.5 Å². The van der Waals surface area contributed by atoms with Gasteiger partial charge in [0.25, 0.3) is 21.6 Å². The first-order chi connectivity index (χ1) is 15.3. The molecule has 0 aromatic heterocycles. The fourth-order valence-corrected chi connectivity index (χ4v) is 4.78. The number of halogens is 1. The van der Waals surface area contributed by atoms with Gasteiger partial charge >= 0.3 is 0 Å². The van der Waals surface area contributed by atoms with Crippen molar-refractivity contribution in [3.63, 3.8) is 0 Å². The molecule has 11 heteroatoms. The van der Waals surface area contributed by atoms with Gasteiger partial charge in [0, 0.05) is 10.5 Å². The molecule has 32 heavy (non-hydrogen) atoms. The summed E-state index contributed by atoms with van der Waals surface area (Å²) in [5, 5.41) is 15.2. The van der Waals surface area contributed by atoms with Gasteiger partial charge in [-0.1, -0.05) is 58.4 Å². The van der Waals surface area contributed by atoms with Crippen LogP contribution in [0.5, 0.6) is 0 Å². The topological polar surface area (TPSA) is 122 Å². The minimum absolute atomic E-state index is 0.178. The first kappa shape index (κ1) is 23.1. The van der Waals surface area contributed by atoms with Crippen molar-refractivity contribution in [2.45, 2.75) is 4.90 Å². The van der Waals surface area contributed by atoms with Crippen molar-refractivity contribution in [3.8, 4) is 0 Å². The maximum absolute atomic E-state index is 13.3. The van der Waals surface area contributed by atoms with E-state index in [1.807, 2.05) is 6.07 Å². The van der Waals surface area contributed by atoms with Crippen LogP contribution >= 0.6 is 15.9 Å². The van der Waals surface area contributed by atoms with E-state index in [-0.39, 0.29) is 5.69 Å². The van der Waals surface area contributed by atoms with Crippen LogP contribution < -0.4 is 9.73 Å². The van der Waals surface area contributed by atoms with Gasteiger partial charge in [-0.3, -0.25) is 19.2 Å². The molecule has 0 spiro atoms. The molecule has 1 amide bonds. The molecule has 3 rings (SSSR count). The van der Waals surface area contributed by atoms with Crippen LogP contribution in [0.15, 0.2) is 93.3 Å². The SMILES string of the molecule is O=C(CN(c1ccccc1)S(=O)(=O)c1ccccc1[N+](=O)[O-])N/N=C/c1cccc(Br)c1. The zero-order valence-electron chi connectivity index (χ0n) is 16.5. The standard InChI is InChI=1S/C21H17BrN4O5S/c22-17-8-6-7-16(13-17)14-23-24-21(27)15-25(18-9-2-1-3-10-18)32(30,31)20-12-5-4-11-19(20)26(28)29/h1-14H,15H2,(H,24,27)/b23-14+. The Bertz CT molecular complexity index is 1270. The fourth-order valence-electron chi connectivity index (χ4n) is 2.79. The molecule has 0 saturated carbocycles. The highest BCUT2D eigenvalue weighted by atomic mass is 79.9. The summed E-state index contributed by atoms with van der Waals surface area (Å²) in [5.41, 5.74) is 2.60. The lowest BCUT2D eigenvalue weighted by molar-refractivity contribution is -0.387. The van der Waals surface area contributed by atoms with Crippen LogP contribution in [0, 0.1) is 10.1 Å². The summed E-state index contributed by atoms with van der Waals surface area (Å²) in [6.07, 6.45) is 1.41. The Labute approximate surface area is 192 Å². The number of carbonyl (C=O) groups is 1. The average molecular weight is 517 g/mol. The van der Waals surface area contributed by atoms with Crippen LogP contribution in [0.1, 0.15) is 5.56 Å². The summed E-state index contributed by atoms with van der Waals surface area (Å²) in [6.45, 7) is -0.631. The van der Waals surface area contributed by atoms with Gasteiger partial charge in [-0.25, -0.2) is 13.8 Å². The number of nitrogens with one attached hydrogen (secondary N) is 1. The Morgan fingerprint density at radius 2 is 1.75 bits per heavy atom. The third-order valence-electron chi connectivity index (χ3n) is 4.21. The zero-order chi connectivity index (χ0) is 23.1. The van der Waals surface area contributed by atoms with Crippen LogP contribution in [0.2, 0.25) is 0 Å². The molecule has 9 nitrogen and oxygen atoms in total. The highest BCUT2D eigenvalue weighted by Gasteiger charge is 2.32. The quantitative estimate of drug-likeness (QED) is 0.277. The van der Waals surface area contributed by atoms with E-state index in [1.54, 1.807) is 36.4 Å². The number of nitro groups is 1. The van der Waals surface area contributed by atoms with Gasteiger partial charge in [0.05, 0.1) is 16.8 Å². The second-order valence-electron chi connectivity index (χ2n) is 6.42. The largest absolute Gasteiger partial charge is 0.289 e. The number of rotatable bonds is 8. The summed E-state index contributed by atoms with van der Waals surface area (Å²) < 4.78 is 28.3. The average Bonchev–Trinajstić information content (AvgIpc) is 2.78. The molecule has 1 N–H and O–H groups in total. The van der Waals surface area contributed by atoms with Crippen molar-refractivity contribution in [1.82, 2.24) is 5.43 Å². The second kappa shape index (κ2) is 10.2. The maximum atomic E-state index is 13.3. The van der Waals surface area contributed by atoms with Crippen molar-refractivity contribution in [2.24, 2.45) is 5.10 Å². The van der Waals surface area contributed by atoms with Gasteiger partial charge in [0.1, 0.15) is 6.54 Å². The van der Waals surface area contributed by atoms with E-state index >= 15 is 0 Å². The molecule has 3 aromatic rings. The summed E-state index contributed by atoms with van der Waals surface area (Å²) in [5.74, 6) is -0.720. The molecular weight excluding hydrogens is 500 g/mol. The molecule has 0 heterocycles. The van der Waals surface area contributed by atoms with Gasteiger partial charge in [-0.2, -0.15) is 5.10 Å². The molecule has 164 valence electrons. The van der Waals surface area contributed by atoms with Gasteiger partial charge in [0.2, 0.25) is 0 Å². The van der Waals surface area contributed by atoms with Gasteiger partial charge < -0.3 is 0 Å². The number of hydrogen-bond donors (Lipinski definition) is 1. The predicted octanol–water partition coefficient (Wildman–Crippen LogP) is 3.70. The van der Waals surface area contributed by atoms with E-state index in [1.165, 1.54) is 30.5 Å². The molecule has 0 aliphatic rings. The Kier molecular flexibility index (Phi) is 7.33. The first-order valence-electron chi connectivity index (χ1n) is 9.18. The van der Waals surface area contributed by atoms with Gasteiger partial charge in [-0.05, 0) is 35.9 Å². The zero-order valence-corrected chi connectivity index (χ0v) is 18.9. The Hall–Kier alpha value is -3.57. The number of anilines is 1. The van der Waals surface area contributed by atoms with E-state index < -0.39 is 38.0 Å². The van der Waals surface area contributed by atoms with Crippen LogP contribution in [-0.2, 0) is 14.8 Å². The lowest BCUT2D eigenvalue weighted by atomic mass is 10.2. The van der Waals surface area contributed by atoms with Crippen molar-refractivity contribution in [2.75, 3.05) is 10.8 Å². The second-order valence-corrected chi connectivity index (χ2v) is 9.17. The third-order valence-corrected chi connectivity index (χ3v) is 6.53. The van der Waals surface area contributed by atoms with E-state index in [0.717, 1.165) is 20.9 Å². The molecule has 0 fully saturated rings. The van der Waals surface area contributed by atoms with E-state index in [0.29, 0.717) is 5.56 Å². The smallest absolute Gasteiger partial charge is 0.271 e. The molecule has 3 aromatic carbocycles. The number of carbonyl (C=O) groups excluding carboxylic acids is 1. The highest BCUT2D eigenvalue weighted by Crippen LogP contribution is 2.29. The van der Waals surface area contributed by atoms with Crippen molar-refractivity contribution in [1.29, 1.82) is 0 Å². The lowest BCUT2D eigenvalue weighted by Gasteiger charge is -2.23. The number of hydrogen-bond acceptors (Lipinski definition) is 6. The summed E-state index contributed by atoms with van der Waals surface area (Å²) in [4.78, 5) is 22.6. The molecule has 0 aliphatic heterocycles. The molecule has 0 radical (unpaired) electrons. The fraction of sp³-hybridized carbons (Fsp3) is 0.0476. The van der Waals surface area contributed by atoms with Crippen LogP contribution in [0.25, 0.3) is 0 Å². The van der Waals surface area contributed by atoms with Crippen molar-refractivity contribution >= 4 is 49.4 Å². The molecular formula is C21H17BrN4O5S. The predicted molar refractivity (Wildman–Crippen MR) is 124 cm³/mol. The molecule has 0 atom stereocenters. The number of benzene rings is 3. The normalized spacial score (nSPS) is 11.3. The molecule has 0 saturated heterocycles. The number of nitro benzene ring substituents is 1. The number of sulfonamides is 1. The summed E-state index contributed by atoms with van der Waals surface area (Å²) in [6, 6.07) is 20.0.